The second kappa shape index (κ2) is 6.66. The van der Waals surface area contributed by atoms with Crippen LogP contribution in [-0.2, 0) is 4.79 Å². The molecule has 21 heavy (non-hydrogen) atoms. The summed E-state index contributed by atoms with van der Waals surface area (Å²) < 4.78 is 0.804. The van der Waals surface area contributed by atoms with Gasteiger partial charge in [-0.1, -0.05) is 32.4 Å². The molecule has 1 amide bonds. The molecule has 1 aromatic rings. The lowest BCUT2D eigenvalue weighted by molar-refractivity contribution is -0.121. The summed E-state index contributed by atoms with van der Waals surface area (Å²) in [5.74, 6) is 0.848. The molecule has 1 N–H and O–H groups in total. The highest BCUT2D eigenvalue weighted by Crippen LogP contribution is 2.40. The summed E-state index contributed by atoms with van der Waals surface area (Å²) in [6.45, 7) is 6.85. The lowest BCUT2D eigenvalue weighted by Gasteiger charge is -2.36. The Morgan fingerprint density at radius 2 is 1.95 bits per heavy atom. The molecule has 1 aliphatic carbocycles. The molecule has 1 aromatic heterocycles. The van der Waals surface area contributed by atoms with Gasteiger partial charge in [0.25, 0.3) is 0 Å². The fraction of sp³-hybridized carbons (Fsp3) is 0.625. The highest BCUT2D eigenvalue weighted by Gasteiger charge is 2.32. The van der Waals surface area contributed by atoms with Crippen LogP contribution in [0.5, 0.6) is 0 Å². The van der Waals surface area contributed by atoms with E-state index in [9.17, 15) is 4.79 Å². The van der Waals surface area contributed by atoms with Gasteiger partial charge in [0.2, 0.25) is 5.91 Å². The van der Waals surface area contributed by atoms with Crippen LogP contribution in [0.3, 0.4) is 0 Å². The Morgan fingerprint density at radius 3 is 2.52 bits per heavy atom. The van der Waals surface area contributed by atoms with E-state index in [0.717, 1.165) is 30.2 Å². The summed E-state index contributed by atoms with van der Waals surface area (Å²) in [7, 11) is 0. The van der Waals surface area contributed by atoms with E-state index in [2.05, 4.69) is 47.0 Å². The van der Waals surface area contributed by atoms with E-state index in [-0.39, 0.29) is 11.8 Å². The standard InChI is InChI=1S/C16H22BrClN2O/c1-16(2,3)11-6-4-10(5-7-11)15(21)20-13-8-12(17)9-19-14(13)18/h8-11H,4-7H2,1-3H3,(H,20,21). The summed E-state index contributed by atoms with van der Waals surface area (Å²) in [6.07, 6.45) is 5.75. The summed E-state index contributed by atoms with van der Waals surface area (Å²) in [4.78, 5) is 16.4. The number of nitrogens with one attached hydrogen (secondary N) is 1. The van der Waals surface area contributed by atoms with Crippen molar-refractivity contribution >= 4 is 39.1 Å². The Morgan fingerprint density at radius 1 is 1.33 bits per heavy atom. The van der Waals surface area contributed by atoms with Crippen molar-refractivity contribution in [2.75, 3.05) is 5.32 Å². The van der Waals surface area contributed by atoms with Crippen LogP contribution in [-0.4, -0.2) is 10.9 Å². The number of halogens is 2. The average molecular weight is 374 g/mol. The van der Waals surface area contributed by atoms with E-state index in [0.29, 0.717) is 22.2 Å². The van der Waals surface area contributed by atoms with Crippen molar-refractivity contribution in [1.82, 2.24) is 4.98 Å². The molecule has 1 saturated carbocycles. The number of carbonyl (C=O) groups excluding carboxylic acids is 1. The Kier molecular flexibility index (Phi) is 5.31. The van der Waals surface area contributed by atoms with E-state index in [1.807, 2.05) is 0 Å². The molecule has 1 fully saturated rings. The Hall–Kier alpha value is -0.610. The van der Waals surface area contributed by atoms with Gasteiger partial charge in [0.15, 0.2) is 5.15 Å². The smallest absolute Gasteiger partial charge is 0.227 e. The van der Waals surface area contributed by atoms with Crippen molar-refractivity contribution in [2.45, 2.75) is 46.5 Å². The molecule has 2 rings (SSSR count). The molecule has 0 bridgehead atoms. The van der Waals surface area contributed by atoms with Crippen LogP contribution in [0.2, 0.25) is 5.15 Å². The number of carbonyl (C=O) groups is 1. The minimum Gasteiger partial charge on any atom is -0.323 e. The number of aromatic nitrogens is 1. The fourth-order valence-corrected chi connectivity index (χ4v) is 3.45. The van der Waals surface area contributed by atoms with Gasteiger partial charge in [0, 0.05) is 16.6 Å². The molecule has 0 spiro atoms. The van der Waals surface area contributed by atoms with Crippen molar-refractivity contribution in [3.05, 3.63) is 21.9 Å². The molecule has 3 nitrogen and oxygen atoms in total. The third-order valence-electron chi connectivity index (χ3n) is 4.39. The first-order valence-corrected chi connectivity index (χ1v) is 8.56. The Balaban J connectivity index is 1.95. The van der Waals surface area contributed by atoms with Gasteiger partial charge in [-0.05, 0) is 59.0 Å². The number of rotatable bonds is 2. The van der Waals surface area contributed by atoms with Gasteiger partial charge in [0.1, 0.15) is 0 Å². The topological polar surface area (TPSA) is 42.0 Å². The van der Waals surface area contributed by atoms with Crippen LogP contribution in [0, 0.1) is 17.3 Å². The highest BCUT2D eigenvalue weighted by molar-refractivity contribution is 9.10. The fourth-order valence-electron chi connectivity index (χ4n) is 2.97. The lowest BCUT2D eigenvalue weighted by atomic mass is 9.69. The second-order valence-corrected chi connectivity index (χ2v) is 8.17. The zero-order chi connectivity index (χ0) is 15.6. The normalized spacial score (nSPS) is 22.9. The molecule has 1 aliphatic rings. The van der Waals surface area contributed by atoms with Crippen LogP contribution in [0.4, 0.5) is 5.69 Å². The summed E-state index contributed by atoms with van der Waals surface area (Å²) in [5, 5.41) is 3.24. The van der Waals surface area contributed by atoms with Crippen LogP contribution in [0.15, 0.2) is 16.7 Å². The van der Waals surface area contributed by atoms with E-state index >= 15 is 0 Å². The first kappa shape index (κ1) is 16.8. The molecule has 0 atom stereocenters. The lowest BCUT2D eigenvalue weighted by Crippen LogP contribution is -2.31. The van der Waals surface area contributed by atoms with Gasteiger partial charge in [-0.2, -0.15) is 0 Å². The second-order valence-electron chi connectivity index (χ2n) is 6.90. The molecule has 0 radical (unpaired) electrons. The van der Waals surface area contributed by atoms with Gasteiger partial charge in [-0.25, -0.2) is 4.98 Å². The predicted octanol–water partition coefficient (Wildman–Crippen LogP) is 5.29. The zero-order valence-corrected chi connectivity index (χ0v) is 15.1. The SMILES string of the molecule is CC(C)(C)C1CCC(C(=O)Nc2cc(Br)cnc2Cl)CC1. The van der Waals surface area contributed by atoms with E-state index < -0.39 is 0 Å². The minimum atomic E-state index is 0.0594. The summed E-state index contributed by atoms with van der Waals surface area (Å²) in [5.41, 5.74) is 0.910. The summed E-state index contributed by atoms with van der Waals surface area (Å²) >= 11 is 9.36. The number of pyridine rings is 1. The monoisotopic (exact) mass is 372 g/mol. The third kappa shape index (κ3) is 4.43. The molecule has 5 heteroatoms. The van der Waals surface area contributed by atoms with Crippen molar-refractivity contribution in [3.63, 3.8) is 0 Å². The van der Waals surface area contributed by atoms with Gasteiger partial charge >= 0.3 is 0 Å². The number of nitrogens with zero attached hydrogens (tertiary/aromatic N) is 1. The van der Waals surface area contributed by atoms with Crippen LogP contribution < -0.4 is 5.32 Å². The van der Waals surface area contributed by atoms with Crippen molar-refractivity contribution < 1.29 is 4.79 Å². The molecule has 116 valence electrons. The minimum absolute atomic E-state index is 0.0594. The Labute approximate surface area is 140 Å². The van der Waals surface area contributed by atoms with Gasteiger partial charge in [0.05, 0.1) is 5.69 Å². The van der Waals surface area contributed by atoms with Crippen molar-refractivity contribution in [1.29, 1.82) is 0 Å². The number of anilines is 1. The molecule has 0 saturated heterocycles. The predicted molar refractivity (Wildman–Crippen MR) is 90.5 cm³/mol. The largest absolute Gasteiger partial charge is 0.323 e. The average Bonchev–Trinajstić information content (AvgIpc) is 2.42. The van der Waals surface area contributed by atoms with Crippen LogP contribution >= 0.6 is 27.5 Å². The van der Waals surface area contributed by atoms with Crippen LogP contribution in [0.25, 0.3) is 0 Å². The number of hydrogen-bond acceptors (Lipinski definition) is 2. The molecule has 0 aliphatic heterocycles. The quantitative estimate of drug-likeness (QED) is 0.716. The van der Waals surface area contributed by atoms with E-state index in [1.165, 1.54) is 0 Å². The maximum Gasteiger partial charge on any atom is 0.227 e. The van der Waals surface area contributed by atoms with Gasteiger partial charge < -0.3 is 5.32 Å². The molecule has 1 heterocycles. The molecule has 0 aromatic carbocycles. The van der Waals surface area contributed by atoms with Gasteiger partial charge in [-0.3, -0.25) is 4.79 Å². The molecule has 0 unspecified atom stereocenters. The zero-order valence-electron chi connectivity index (χ0n) is 12.7. The first-order chi connectivity index (χ1) is 9.77. The third-order valence-corrected chi connectivity index (χ3v) is 5.12. The maximum absolute atomic E-state index is 12.4. The van der Waals surface area contributed by atoms with E-state index in [1.54, 1.807) is 12.3 Å². The van der Waals surface area contributed by atoms with Gasteiger partial charge in [-0.15, -0.1) is 0 Å². The Bertz CT molecular complexity index is 519. The molecular formula is C16H22BrClN2O. The maximum atomic E-state index is 12.4. The highest BCUT2D eigenvalue weighted by atomic mass is 79.9. The first-order valence-electron chi connectivity index (χ1n) is 7.39. The van der Waals surface area contributed by atoms with Crippen LogP contribution in [0.1, 0.15) is 46.5 Å². The number of amides is 1. The van der Waals surface area contributed by atoms with E-state index in [4.69, 9.17) is 11.6 Å². The van der Waals surface area contributed by atoms with Crippen molar-refractivity contribution in [2.24, 2.45) is 17.3 Å². The van der Waals surface area contributed by atoms with Crippen molar-refractivity contribution in [3.8, 4) is 0 Å². The summed E-state index contributed by atoms with van der Waals surface area (Å²) in [6, 6.07) is 1.79. The number of hydrogen-bond donors (Lipinski definition) is 1. The molecular weight excluding hydrogens is 352 g/mol.